The molecule has 0 amide bonds. The smallest absolute Gasteiger partial charge is 0.256 e. The molecule has 0 aliphatic carbocycles. The highest BCUT2D eigenvalue weighted by atomic mass is 16.3. The molecule has 0 aliphatic rings. The summed E-state index contributed by atoms with van der Waals surface area (Å²) in [7, 11) is 0. The Morgan fingerprint density at radius 3 is 2.93 bits per heavy atom. The maximum absolute atomic E-state index is 11.1. The van der Waals surface area contributed by atoms with E-state index in [1.807, 2.05) is 0 Å². The SMILES string of the molecule is N#CCC(O)C(O)c1cnc[nH]c1=O. The van der Waals surface area contributed by atoms with Crippen LogP contribution in [0.1, 0.15) is 18.1 Å². The van der Waals surface area contributed by atoms with Crippen LogP contribution in [0.5, 0.6) is 0 Å². The van der Waals surface area contributed by atoms with Gasteiger partial charge in [0.15, 0.2) is 0 Å². The first-order valence-electron chi connectivity index (χ1n) is 3.92. The van der Waals surface area contributed by atoms with Crippen LogP contribution in [0.15, 0.2) is 17.3 Å². The Balaban J connectivity index is 2.90. The summed E-state index contributed by atoms with van der Waals surface area (Å²) in [5.74, 6) is 0. The Bertz CT molecular complexity index is 395. The van der Waals surface area contributed by atoms with Gasteiger partial charge in [-0.3, -0.25) is 4.79 Å². The Hall–Kier alpha value is -1.71. The summed E-state index contributed by atoms with van der Waals surface area (Å²) in [6.45, 7) is 0. The Kier molecular flexibility index (Phi) is 3.34. The van der Waals surface area contributed by atoms with Gasteiger partial charge in [-0.05, 0) is 0 Å². The number of nitrogens with zero attached hydrogens (tertiary/aromatic N) is 2. The fourth-order valence-corrected chi connectivity index (χ4v) is 0.979. The third-order valence-corrected chi connectivity index (χ3v) is 1.73. The molecule has 6 nitrogen and oxygen atoms in total. The van der Waals surface area contributed by atoms with E-state index in [1.54, 1.807) is 6.07 Å². The molecule has 2 atom stereocenters. The molecule has 6 heteroatoms. The highest BCUT2D eigenvalue weighted by Gasteiger charge is 2.20. The van der Waals surface area contributed by atoms with E-state index in [0.29, 0.717) is 0 Å². The van der Waals surface area contributed by atoms with Gasteiger partial charge >= 0.3 is 0 Å². The number of H-pyrrole nitrogens is 1. The van der Waals surface area contributed by atoms with Crippen molar-refractivity contribution in [3.63, 3.8) is 0 Å². The van der Waals surface area contributed by atoms with Gasteiger partial charge in [-0.2, -0.15) is 5.26 Å². The number of aliphatic hydroxyl groups excluding tert-OH is 2. The lowest BCUT2D eigenvalue weighted by Gasteiger charge is -2.13. The number of nitrogens with one attached hydrogen (secondary N) is 1. The average molecular weight is 195 g/mol. The lowest BCUT2D eigenvalue weighted by molar-refractivity contribution is 0.0205. The van der Waals surface area contributed by atoms with Gasteiger partial charge in [0, 0.05) is 6.20 Å². The quantitative estimate of drug-likeness (QED) is 0.577. The van der Waals surface area contributed by atoms with Crippen LogP contribution in [0.2, 0.25) is 0 Å². The predicted octanol–water partition coefficient (Wildman–Crippen LogP) is -0.922. The zero-order valence-corrected chi connectivity index (χ0v) is 7.21. The lowest BCUT2D eigenvalue weighted by Crippen LogP contribution is -2.25. The summed E-state index contributed by atoms with van der Waals surface area (Å²) in [6.07, 6.45) is -0.563. The van der Waals surface area contributed by atoms with E-state index in [2.05, 4.69) is 9.97 Å². The number of hydrogen-bond acceptors (Lipinski definition) is 5. The van der Waals surface area contributed by atoms with Crippen molar-refractivity contribution in [1.82, 2.24) is 9.97 Å². The fourth-order valence-electron chi connectivity index (χ4n) is 0.979. The number of nitriles is 1. The van der Waals surface area contributed by atoms with Gasteiger partial charge in [0.05, 0.1) is 30.5 Å². The van der Waals surface area contributed by atoms with Gasteiger partial charge in [-0.15, -0.1) is 0 Å². The van der Waals surface area contributed by atoms with Crippen LogP contribution in [-0.4, -0.2) is 26.3 Å². The largest absolute Gasteiger partial charge is 0.389 e. The van der Waals surface area contributed by atoms with Gasteiger partial charge in [-0.1, -0.05) is 0 Å². The molecule has 1 rings (SSSR count). The summed E-state index contributed by atoms with van der Waals surface area (Å²) < 4.78 is 0. The number of aromatic nitrogens is 2. The third kappa shape index (κ3) is 2.16. The van der Waals surface area contributed by atoms with E-state index in [-0.39, 0.29) is 12.0 Å². The molecule has 1 heterocycles. The number of hydrogen-bond donors (Lipinski definition) is 3. The van der Waals surface area contributed by atoms with Gasteiger partial charge < -0.3 is 15.2 Å². The standard InChI is InChI=1S/C8H9N3O3/c9-2-1-6(12)7(13)5-3-10-4-11-8(5)14/h3-4,6-7,12-13H,1H2,(H,10,11,14). The molecular formula is C8H9N3O3. The van der Waals surface area contributed by atoms with Crippen molar-refractivity contribution in [2.24, 2.45) is 0 Å². The van der Waals surface area contributed by atoms with Crippen molar-refractivity contribution in [2.45, 2.75) is 18.6 Å². The van der Waals surface area contributed by atoms with E-state index in [9.17, 15) is 15.0 Å². The van der Waals surface area contributed by atoms with Crippen LogP contribution < -0.4 is 5.56 Å². The monoisotopic (exact) mass is 195 g/mol. The van der Waals surface area contributed by atoms with Crippen molar-refractivity contribution in [3.05, 3.63) is 28.4 Å². The minimum atomic E-state index is -1.38. The zero-order valence-electron chi connectivity index (χ0n) is 7.21. The number of rotatable bonds is 3. The molecule has 14 heavy (non-hydrogen) atoms. The van der Waals surface area contributed by atoms with E-state index in [1.165, 1.54) is 6.33 Å². The molecule has 0 saturated heterocycles. The van der Waals surface area contributed by atoms with Crippen molar-refractivity contribution in [1.29, 1.82) is 5.26 Å². The Labute approximate surface area is 79.5 Å². The zero-order chi connectivity index (χ0) is 10.6. The minimum Gasteiger partial charge on any atom is -0.389 e. The van der Waals surface area contributed by atoms with Gasteiger partial charge in [-0.25, -0.2) is 4.98 Å². The Morgan fingerprint density at radius 1 is 1.64 bits per heavy atom. The average Bonchev–Trinajstić information content (AvgIpc) is 2.18. The maximum atomic E-state index is 11.1. The summed E-state index contributed by atoms with van der Waals surface area (Å²) in [4.78, 5) is 17.0. The molecule has 0 saturated carbocycles. The first-order valence-corrected chi connectivity index (χ1v) is 3.92. The second kappa shape index (κ2) is 4.50. The molecular weight excluding hydrogens is 186 g/mol. The summed E-state index contributed by atoms with van der Waals surface area (Å²) in [6, 6.07) is 1.69. The van der Waals surface area contributed by atoms with E-state index in [4.69, 9.17) is 5.26 Å². The molecule has 1 aromatic rings. The topological polar surface area (TPSA) is 110 Å². The van der Waals surface area contributed by atoms with Crippen molar-refractivity contribution < 1.29 is 10.2 Å². The minimum absolute atomic E-state index is 0.0461. The molecule has 74 valence electrons. The highest BCUT2D eigenvalue weighted by molar-refractivity contribution is 5.09. The highest BCUT2D eigenvalue weighted by Crippen LogP contribution is 2.13. The van der Waals surface area contributed by atoms with Crippen LogP contribution in [-0.2, 0) is 0 Å². The molecule has 3 N–H and O–H groups in total. The molecule has 2 unspecified atom stereocenters. The van der Waals surface area contributed by atoms with Crippen LogP contribution in [0.25, 0.3) is 0 Å². The van der Waals surface area contributed by atoms with Crippen LogP contribution in [0.4, 0.5) is 0 Å². The number of aromatic amines is 1. The molecule has 0 bridgehead atoms. The Morgan fingerprint density at radius 2 is 2.36 bits per heavy atom. The number of aliphatic hydroxyl groups is 2. The second-order valence-corrected chi connectivity index (χ2v) is 2.71. The molecule has 0 aromatic carbocycles. The van der Waals surface area contributed by atoms with Crippen LogP contribution in [0.3, 0.4) is 0 Å². The van der Waals surface area contributed by atoms with Crippen LogP contribution in [0, 0.1) is 11.3 Å². The summed E-state index contributed by atoms with van der Waals surface area (Å²) in [5, 5.41) is 27.0. The van der Waals surface area contributed by atoms with Crippen molar-refractivity contribution >= 4 is 0 Å². The van der Waals surface area contributed by atoms with E-state index in [0.717, 1.165) is 6.20 Å². The van der Waals surface area contributed by atoms with E-state index >= 15 is 0 Å². The van der Waals surface area contributed by atoms with E-state index < -0.39 is 17.8 Å². The molecule has 0 fully saturated rings. The van der Waals surface area contributed by atoms with Gasteiger partial charge in [0.2, 0.25) is 0 Å². The van der Waals surface area contributed by atoms with Gasteiger partial charge in [0.25, 0.3) is 5.56 Å². The summed E-state index contributed by atoms with van der Waals surface area (Å²) >= 11 is 0. The fraction of sp³-hybridized carbons (Fsp3) is 0.375. The van der Waals surface area contributed by atoms with Crippen LogP contribution >= 0.6 is 0 Å². The third-order valence-electron chi connectivity index (χ3n) is 1.73. The maximum Gasteiger partial charge on any atom is 0.256 e. The molecule has 1 aromatic heterocycles. The second-order valence-electron chi connectivity index (χ2n) is 2.71. The van der Waals surface area contributed by atoms with Crippen molar-refractivity contribution in [2.75, 3.05) is 0 Å². The first kappa shape index (κ1) is 10.4. The summed E-state index contributed by atoms with van der Waals surface area (Å²) in [5.41, 5.74) is -0.570. The predicted molar refractivity (Wildman–Crippen MR) is 46.1 cm³/mol. The van der Waals surface area contributed by atoms with Gasteiger partial charge in [0.1, 0.15) is 6.10 Å². The van der Waals surface area contributed by atoms with Crippen molar-refractivity contribution in [3.8, 4) is 6.07 Å². The molecule has 0 aliphatic heterocycles. The lowest BCUT2D eigenvalue weighted by atomic mass is 10.1. The molecule has 0 radical (unpaired) electrons. The first-order chi connectivity index (χ1) is 6.66. The normalized spacial score (nSPS) is 14.4. The molecule has 0 spiro atoms.